The fourth-order valence-corrected chi connectivity index (χ4v) is 7.52. The van der Waals surface area contributed by atoms with E-state index in [1.54, 1.807) is 0 Å². The van der Waals surface area contributed by atoms with Gasteiger partial charge in [0.2, 0.25) is 0 Å². The second kappa shape index (κ2) is 50.0. The Morgan fingerprint density at radius 2 is 0.375 bits per heavy atom. The molecule has 0 amide bonds. The number of nitrogens with one attached hydrogen (secondary N) is 8. The molecule has 0 saturated heterocycles. The van der Waals surface area contributed by atoms with Crippen LogP contribution < -0.4 is 76.9 Å². The Hall–Kier alpha value is -0.840. The van der Waals surface area contributed by atoms with Crippen LogP contribution in [-0.4, -0.2) is 317 Å². The highest BCUT2D eigenvalue weighted by molar-refractivity contribution is 4.72. The third kappa shape index (κ3) is 40.2. The van der Waals surface area contributed by atoms with Gasteiger partial charge in [-0.3, -0.25) is 34.3 Å². The summed E-state index contributed by atoms with van der Waals surface area (Å²) < 4.78 is 0. The summed E-state index contributed by atoms with van der Waals surface area (Å²) in [5.41, 5.74) is 35.5. The zero-order valence-corrected chi connectivity index (χ0v) is 41.9. The molecule has 0 rings (SSSR count). The number of likely N-dealkylation sites (N-methyl/N-ethyl adjacent to an activating group) is 3. The largest absolute Gasteiger partial charge is 0.329 e. The minimum Gasteiger partial charge on any atom is -0.329 e. The Morgan fingerprint density at radius 1 is 0.203 bits per heavy atom. The van der Waals surface area contributed by atoms with Gasteiger partial charge in [-0.1, -0.05) is 0 Å². The topological polar surface area (TPSA) is 275 Å². The number of nitrogens with zero attached hydrogens (tertiary/aromatic N) is 7. The van der Waals surface area contributed by atoms with E-state index in [1.165, 1.54) is 0 Å². The van der Waals surface area contributed by atoms with Crippen molar-refractivity contribution in [2.45, 2.75) is 0 Å². The van der Waals surface area contributed by atoms with Crippen LogP contribution in [0.4, 0.5) is 0 Å². The SMILES string of the molecule is CNCCNCCN(CCNCCN(CCN)CCNC)CCNCCN(CCNCCN(CCN)CCNC)CCN(CCN)CCNCCN(CCN)CCN(CCN)CCN. The van der Waals surface area contributed by atoms with E-state index < -0.39 is 0 Å². The molecule has 0 saturated carbocycles. The summed E-state index contributed by atoms with van der Waals surface area (Å²) in [7, 11) is 6.01. The summed E-state index contributed by atoms with van der Waals surface area (Å²) in [5, 5.41) is 28.2. The van der Waals surface area contributed by atoms with Crippen molar-refractivity contribution in [3.05, 3.63) is 0 Å². The number of nitrogens with two attached hydrogens (primary N) is 6. The summed E-state index contributed by atoms with van der Waals surface area (Å²) in [6.45, 7) is 36.9. The maximum atomic E-state index is 6.13. The van der Waals surface area contributed by atoms with Crippen molar-refractivity contribution in [2.24, 2.45) is 34.4 Å². The first-order valence-corrected chi connectivity index (χ1v) is 25.2. The molecule has 0 bridgehead atoms. The van der Waals surface area contributed by atoms with Gasteiger partial charge in [-0.15, -0.1) is 0 Å². The second-order valence-electron chi connectivity index (χ2n) is 16.7. The average molecular weight is 920 g/mol. The van der Waals surface area contributed by atoms with Crippen molar-refractivity contribution in [3.63, 3.8) is 0 Å². The zero-order chi connectivity index (χ0) is 47.0. The number of hydrogen-bond donors (Lipinski definition) is 14. The minimum atomic E-state index is 0.650. The molecule has 0 spiro atoms. The first kappa shape index (κ1) is 63.2. The van der Waals surface area contributed by atoms with Crippen LogP contribution in [0.2, 0.25) is 0 Å². The summed E-state index contributed by atoms with van der Waals surface area (Å²) in [6.07, 6.45) is 0. The molecule has 64 heavy (non-hydrogen) atoms. The van der Waals surface area contributed by atoms with E-state index in [0.29, 0.717) is 39.3 Å². The molecule has 0 aliphatic rings. The smallest absolute Gasteiger partial charge is 0.0110 e. The first-order chi connectivity index (χ1) is 31.4. The Labute approximate surface area is 393 Å². The van der Waals surface area contributed by atoms with Crippen molar-refractivity contribution >= 4 is 0 Å². The average Bonchev–Trinajstić information content (AvgIpc) is 3.29. The fourth-order valence-electron chi connectivity index (χ4n) is 7.52. The normalized spacial score (nSPS) is 12.4. The molecule has 0 unspecified atom stereocenters. The van der Waals surface area contributed by atoms with E-state index in [0.717, 1.165) is 223 Å². The monoisotopic (exact) mass is 920 g/mol. The Bertz CT molecular complexity index is 895. The van der Waals surface area contributed by atoms with Crippen LogP contribution in [0.5, 0.6) is 0 Å². The van der Waals surface area contributed by atoms with Gasteiger partial charge in [0, 0.05) is 262 Å². The Balaban J connectivity index is 5.19. The summed E-state index contributed by atoms with van der Waals surface area (Å²) >= 11 is 0. The van der Waals surface area contributed by atoms with E-state index >= 15 is 0 Å². The molecule has 0 aromatic carbocycles. The van der Waals surface area contributed by atoms with Gasteiger partial charge >= 0.3 is 0 Å². The lowest BCUT2D eigenvalue weighted by Crippen LogP contribution is -2.46. The van der Waals surface area contributed by atoms with Crippen LogP contribution in [0.15, 0.2) is 0 Å². The van der Waals surface area contributed by atoms with Crippen molar-refractivity contribution in [2.75, 3.05) is 283 Å². The van der Waals surface area contributed by atoms with Crippen molar-refractivity contribution in [1.82, 2.24) is 76.8 Å². The molecule has 0 heterocycles. The fraction of sp³-hybridized carbons (Fsp3) is 1.00. The molecule has 0 aliphatic heterocycles. The lowest BCUT2D eigenvalue weighted by Gasteiger charge is -2.29. The van der Waals surface area contributed by atoms with E-state index in [-0.39, 0.29) is 0 Å². The molecular weight excluding hydrogens is 811 g/mol. The molecular formula is C43H109N21. The maximum Gasteiger partial charge on any atom is 0.0110 e. The van der Waals surface area contributed by atoms with Gasteiger partial charge in [-0.05, 0) is 21.1 Å². The highest BCUT2D eigenvalue weighted by atomic mass is 15.2. The van der Waals surface area contributed by atoms with Gasteiger partial charge in [-0.2, -0.15) is 0 Å². The van der Waals surface area contributed by atoms with Crippen LogP contribution in [0.1, 0.15) is 0 Å². The molecule has 0 aromatic heterocycles. The quantitative estimate of drug-likeness (QED) is 0.0253. The molecule has 0 radical (unpaired) electrons. The van der Waals surface area contributed by atoms with Crippen LogP contribution in [-0.2, 0) is 0 Å². The third-order valence-corrected chi connectivity index (χ3v) is 11.5. The minimum absolute atomic E-state index is 0.650. The van der Waals surface area contributed by atoms with Crippen LogP contribution in [0.3, 0.4) is 0 Å². The highest BCUT2D eigenvalue weighted by Gasteiger charge is 2.12. The predicted octanol–water partition coefficient (Wildman–Crippen LogP) is -7.54. The molecule has 386 valence electrons. The predicted molar refractivity (Wildman–Crippen MR) is 276 cm³/mol. The van der Waals surface area contributed by atoms with E-state index in [2.05, 4.69) is 76.8 Å². The lowest BCUT2D eigenvalue weighted by atomic mass is 10.3. The summed E-state index contributed by atoms with van der Waals surface area (Å²) in [4.78, 5) is 17.3. The number of rotatable bonds is 54. The van der Waals surface area contributed by atoms with Gasteiger partial charge in [0.25, 0.3) is 0 Å². The van der Waals surface area contributed by atoms with Gasteiger partial charge in [0.1, 0.15) is 0 Å². The maximum absolute atomic E-state index is 6.13. The molecule has 21 nitrogen and oxygen atoms in total. The second-order valence-corrected chi connectivity index (χ2v) is 16.7. The van der Waals surface area contributed by atoms with E-state index in [4.69, 9.17) is 34.4 Å². The first-order valence-electron chi connectivity index (χ1n) is 25.2. The molecule has 0 aromatic rings. The molecule has 20 N–H and O–H groups in total. The van der Waals surface area contributed by atoms with Crippen LogP contribution >= 0.6 is 0 Å². The van der Waals surface area contributed by atoms with Gasteiger partial charge < -0.3 is 76.9 Å². The molecule has 0 aliphatic carbocycles. The Kier molecular flexibility index (Phi) is 49.4. The molecule has 0 fully saturated rings. The van der Waals surface area contributed by atoms with Crippen molar-refractivity contribution in [1.29, 1.82) is 0 Å². The summed E-state index contributed by atoms with van der Waals surface area (Å²) in [6, 6.07) is 0. The van der Waals surface area contributed by atoms with Gasteiger partial charge in [0.15, 0.2) is 0 Å². The lowest BCUT2D eigenvalue weighted by molar-refractivity contribution is 0.199. The van der Waals surface area contributed by atoms with E-state index in [9.17, 15) is 0 Å². The Morgan fingerprint density at radius 3 is 0.609 bits per heavy atom. The zero-order valence-electron chi connectivity index (χ0n) is 41.9. The highest BCUT2D eigenvalue weighted by Crippen LogP contribution is 1.95. The molecule has 21 heteroatoms. The third-order valence-electron chi connectivity index (χ3n) is 11.5. The van der Waals surface area contributed by atoms with E-state index in [1.807, 2.05) is 21.1 Å². The standard InChI is InChI=1S/C43H109N21/c1-50-10-11-53-14-35-63(36-19-54-15-31-59(25-6-46)29-12-51-2)37-20-57-22-39-64(38-21-55-16-32-60(26-7-47)30-13-52-3)43-42-62(28-9-49)34-18-56-17-33-61(27-8-48)41-40-58(23-4-44)24-5-45/h50-57H,4-49H2,1-3H3. The van der Waals surface area contributed by atoms with Crippen molar-refractivity contribution < 1.29 is 0 Å². The van der Waals surface area contributed by atoms with Crippen LogP contribution in [0.25, 0.3) is 0 Å². The van der Waals surface area contributed by atoms with Crippen molar-refractivity contribution in [3.8, 4) is 0 Å². The summed E-state index contributed by atoms with van der Waals surface area (Å²) in [5.74, 6) is 0. The number of hydrogen-bond acceptors (Lipinski definition) is 21. The van der Waals surface area contributed by atoms with Crippen LogP contribution in [0, 0.1) is 0 Å². The van der Waals surface area contributed by atoms with Gasteiger partial charge in [0.05, 0.1) is 0 Å². The van der Waals surface area contributed by atoms with Gasteiger partial charge in [-0.25, -0.2) is 0 Å². The molecule has 0 atom stereocenters.